The summed E-state index contributed by atoms with van der Waals surface area (Å²) in [6.45, 7) is 24.0. The number of hydrogen-bond acceptors (Lipinski definition) is 5. The highest BCUT2D eigenvalue weighted by atomic mass is 16.3. The van der Waals surface area contributed by atoms with Crippen LogP contribution in [0.1, 0.15) is 61.2 Å². The Morgan fingerprint density at radius 3 is 0.614 bits per heavy atom. The molecule has 0 amide bonds. The molecule has 0 spiro atoms. The SMILES string of the molecule is Cc1ccc(N(c2ccc(C)c(C)c2)c2ccc3oc4ccc(N(c5ccc(-c6ccc(N(c7ccc(-c8ccc(N(c9ccc(C)c(C)c9)c9ccc(C)c(C)c9)cc8)cc7)c7ccc(C)c(C)c7)cc6)cc5)c5ccc(C)c(C)c5)cc4c3c2)cc1. The largest absolute Gasteiger partial charge is 0.456 e. The van der Waals surface area contributed by atoms with E-state index in [9.17, 15) is 0 Å². The Labute approximate surface area is 519 Å². The molecule has 1 heterocycles. The van der Waals surface area contributed by atoms with Gasteiger partial charge in [0.05, 0.1) is 0 Å². The molecule has 13 aromatic rings. The van der Waals surface area contributed by atoms with Crippen molar-refractivity contribution in [2.45, 2.75) is 76.2 Å². The summed E-state index contributed by atoms with van der Waals surface area (Å²) in [7, 11) is 0. The Morgan fingerprint density at radius 2 is 0.375 bits per heavy atom. The second-order valence-corrected chi connectivity index (χ2v) is 24.2. The number of rotatable bonds is 14. The third-order valence-corrected chi connectivity index (χ3v) is 18.2. The van der Waals surface area contributed by atoms with E-state index in [2.05, 4.69) is 344 Å². The maximum atomic E-state index is 6.60. The van der Waals surface area contributed by atoms with Gasteiger partial charge in [-0.25, -0.2) is 0 Å². The van der Waals surface area contributed by atoms with Crippen LogP contribution >= 0.6 is 0 Å². The molecule has 432 valence electrons. The molecule has 5 nitrogen and oxygen atoms in total. The van der Waals surface area contributed by atoms with Gasteiger partial charge in [0.15, 0.2) is 0 Å². The third-order valence-electron chi connectivity index (χ3n) is 18.2. The van der Waals surface area contributed by atoms with E-state index in [0.717, 1.165) is 112 Å². The number of aryl methyl sites for hydroxylation is 11. The zero-order chi connectivity index (χ0) is 60.9. The minimum atomic E-state index is 0.850. The summed E-state index contributed by atoms with van der Waals surface area (Å²) in [6, 6.07) is 91.6. The van der Waals surface area contributed by atoms with Crippen molar-refractivity contribution >= 4 is 90.2 Å². The molecule has 0 N–H and O–H groups in total. The lowest BCUT2D eigenvalue weighted by Crippen LogP contribution is -2.11. The standard InChI is InChI=1S/C83H74N4O/c1-53-12-27-68(28-13-53)86(76-32-17-57(5)62(10)49-76)78-42-44-82-80(51-78)81-52-79(43-45-83(81)88-82)87(77-33-18-58(6)63(11)50-77)72-40-25-67(26-41-72)65-21-36-70(37-22-65)84(73-29-14-54(2)59(7)46-73)69-34-19-64(20-35-69)66-23-38-71(39-24-66)85(74-30-15-55(3)60(8)47-74)75-31-16-56(4)61(9)48-75/h12-52H,1-11H3. The summed E-state index contributed by atoms with van der Waals surface area (Å²) >= 11 is 0. The first kappa shape index (κ1) is 56.8. The van der Waals surface area contributed by atoms with Crippen LogP contribution in [0.2, 0.25) is 0 Å². The van der Waals surface area contributed by atoms with Crippen LogP contribution in [-0.4, -0.2) is 0 Å². The van der Waals surface area contributed by atoms with Crippen LogP contribution in [-0.2, 0) is 0 Å². The van der Waals surface area contributed by atoms with Crippen LogP contribution in [0.4, 0.5) is 68.2 Å². The van der Waals surface area contributed by atoms with E-state index >= 15 is 0 Å². The highest BCUT2D eigenvalue weighted by Crippen LogP contribution is 2.45. The van der Waals surface area contributed by atoms with Crippen LogP contribution in [0.5, 0.6) is 0 Å². The first-order chi connectivity index (χ1) is 42.6. The highest BCUT2D eigenvalue weighted by molar-refractivity contribution is 6.08. The Bertz CT molecular complexity index is 4680. The van der Waals surface area contributed by atoms with Gasteiger partial charge in [0, 0.05) is 79.0 Å². The molecule has 0 aliphatic heterocycles. The van der Waals surface area contributed by atoms with E-state index in [0.29, 0.717) is 0 Å². The molecule has 0 radical (unpaired) electrons. The second-order valence-electron chi connectivity index (χ2n) is 24.2. The summed E-state index contributed by atoms with van der Waals surface area (Å²) in [5, 5.41) is 2.12. The van der Waals surface area contributed by atoms with Gasteiger partial charge in [0.25, 0.3) is 0 Å². The van der Waals surface area contributed by atoms with Gasteiger partial charge in [0.2, 0.25) is 0 Å². The van der Waals surface area contributed by atoms with Crippen molar-refractivity contribution in [3.63, 3.8) is 0 Å². The summed E-state index contributed by atoms with van der Waals surface area (Å²) in [4.78, 5) is 9.44. The fourth-order valence-electron chi connectivity index (χ4n) is 12.0. The molecule has 0 bridgehead atoms. The molecule has 13 rings (SSSR count). The van der Waals surface area contributed by atoms with Crippen LogP contribution < -0.4 is 19.6 Å². The fraction of sp³-hybridized carbons (Fsp3) is 0.133. The maximum Gasteiger partial charge on any atom is 0.135 e. The summed E-state index contributed by atoms with van der Waals surface area (Å²) in [5.41, 5.74) is 33.4. The third kappa shape index (κ3) is 11.1. The first-order valence-electron chi connectivity index (χ1n) is 30.6. The topological polar surface area (TPSA) is 26.1 Å². The Kier molecular flexibility index (Phi) is 15.1. The van der Waals surface area contributed by atoms with E-state index in [1.807, 2.05) is 0 Å². The lowest BCUT2D eigenvalue weighted by Gasteiger charge is -2.27. The van der Waals surface area contributed by atoms with Gasteiger partial charge in [-0.1, -0.05) is 96.6 Å². The smallest absolute Gasteiger partial charge is 0.135 e. The fourth-order valence-corrected chi connectivity index (χ4v) is 12.0. The minimum absolute atomic E-state index is 0.850. The molecule has 0 saturated heterocycles. The molecule has 0 aliphatic rings. The van der Waals surface area contributed by atoms with Crippen molar-refractivity contribution in [2.24, 2.45) is 0 Å². The monoisotopic (exact) mass is 1140 g/mol. The van der Waals surface area contributed by atoms with Gasteiger partial charge in [-0.15, -0.1) is 0 Å². The van der Waals surface area contributed by atoms with Crippen molar-refractivity contribution in [1.82, 2.24) is 0 Å². The van der Waals surface area contributed by atoms with Gasteiger partial charge in [-0.2, -0.15) is 0 Å². The summed E-state index contributed by atoms with van der Waals surface area (Å²) < 4.78 is 6.60. The number of nitrogens with zero attached hydrogens (tertiary/aromatic N) is 4. The van der Waals surface area contributed by atoms with Gasteiger partial charge in [0.1, 0.15) is 11.2 Å². The molecule has 12 aromatic carbocycles. The van der Waals surface area contributed by atoms with E-state index in [-0.39, 0.29) is 0 Å². The molecule has 0 atom stereocenters. The second kappa shape index (κ2) is 23.5. The molecule has 0 fully saturated rings. The van der Waals surface area contributed by atoms with Crippen LogP contribution in [0.3, 0.4) is 0 Å². The van der Waals surface area contributed by atoms with Crippen molar-refractivity contribution in [3.05, 3.63) is 310 Å². The molecule has 1 aromatic heterocycles. The molecule has 0 aliphatic carbocycles. The van der Waals surface area contributed by atoms with Crippen molar-refractivity contribution in [2.75, 3.05) is 19.6 Å². The zero-order valence-corrected chi connectivity index (χ0v) is 52.4. The minimum Gasteiger partial charge on any atom is -0.456 e. The van der Waals surface area contributed by atoms with E-state index < -0.39 is 0 Å². The lowest BCUT2D eigenvalue weighted by molar-refractivity contribution is 0.669. The van der Waals surface area contributed by atoms with Gasteiger partial charge in [-0.05, 0) is 312 Å². The first-order valence-corrected chi connectivity index (χ1v) is 30.6. The number of benzene rings is 12. The quantitative estimate of drug-likeness (QED) is 0.108. The van der Waals surface area contributed by atoms with E-state index in [1.54, 1.807) is 0 Å². The zero-order valence-electron chi connectivity index (χ0n) is 52.4. The van der Waals surface area contributed by atoms with E-state index in [1.165, 1.54) is 61.2 Å². The van der Waals surface area contributed by atoms with Crippen molar-refractivity contribution < 1.29 is 4.42 Å². The Morgan fingerprint density at radius 1 is 0.182 bits per heavy atom. The summed E-state index contributed by atoms with van der Waals surface area (Å²) in [5.74, 6) is 0. The van der Waals surface area contributed by atoms with Crippen LogP contribution in [0, 0.1) is 76.2 Å². The molecule has 5 heteroatoms. The van der Waals surface area contributed by atoms with Gasteiger partial charge < -0.3 is 24.0 Å². The van der Waals surface area contributed by atoms with Gasteiger partial charge in [-0.3, -0.25) is 0 Å². The highest BCUT2D eigenvalue weighted by Gasteiger charge is 2.21. The predicted molar refractivity (Wildman–Crippen MR) is 375 cm³/mol. The number of fused-ring (bicyclic) bond motifs is 3. The van der Waals surface area contributed by atoms with Gasteiger partial charge >= 0.3 is 0 Å². The van der Waals surface area contributed by atoms with Crippen LogP contribution in [0.25, 0.3) is 44.2 Å². The van der Waals surface area contributed by atoms with E-state index in [4.69, 9.17) is 4.42 Å². The number of anilines is 12. The van der Waals surface area contributed by atoms with Crippen molar-refractivity contribution in [1.29, 1.82) is 0 Å². The van der Waals surface area contributed by atoms with Crippen molar-refractivity contribution in [3.8, 4) is 22.3 Å². The number of furan rings is 1. The molecule has 0 unspecified atom stereocenters. The molecule has 88 heavy (non-hydrogen) atoms. The number of hydrogen-bond donors (Lipinski definition) is 0. The Balaban J connectivity index is 0.804. The predicted octanol–water partition coefficient (Wildman–Crippen LogP) is 24.2. The average molecular weight is 1140 g/mol. The molecular formula is C83H74N4O. The normalized spacial score (nSPS) is 11.4. The molecular weight excluding hydrogens is 1070 g/mol. The lowest BCUT2D eigenvalue weighted by atomic mass is 10.0. The molecule has 0 saturated carbocycles. The summed E-state index contributed by atoms with van der Waals surface area (Å²) in [6.07, 6.45) is 0. The van der Waals surface area contributed by atoms with Crippen LogP contribution in [0.15, 0.2) is 253 Å². The Hall–Kier alpha value is -10.4. The maximum absolute atomic E-state index is 6.60. The average Bonchev–Trinajstić information content (AvgIpc) is 3.18.